The van der Waals surface area contributed by atoms with Crippen LogP contribution < -0.4 is 0 Å². The van der Waals surface area contributed by atoms with Gasteiger partial charge in [-0.3, -0.25) is 14.5 Å². The summed E-state index contributed by atoms with van der Waals surface area (Å²) in [6.45, 7) is 8.20. The van der Waals surface area contributed by atoms with Crippen LogP contribution in [0.4, 0.5) is 0 Å². The molecule has 0 fully saturated rings. The van der Waals surface area contributed by atoms with E-state index in [0.29, 0.717) is 5.56 Å². The summed E-state index contributed by atoms with van der Waals surface area (Å²) >= 11 is 0. The van der Waals surface area contributed by atoms with Gasteiger partial charge < -0.3 is 14.6 Å². The van der Waals surface area contributed by atoms with Gasteiger partial charge in [0.25, 0.3) is 0 Å². The SMILES string of the molecule is COC(=O)[C@H]1[C@H](C(=O)OC)[C@@H](N(C(C)C)C(C)C)c2ccccc2[C@@H]1O. The van der Waals surface area contributed by atoms with E-state index in [9.17, 15) is 14.7 Å². The lowest BCUT2D eigenvalue weighted by molar-refractivity contribution is -0.169. The number of carbonyl (C=O) groups excluding carboxylic acids is 2. The molecule has 0 saturated carbocycles. The van der Waals surface area contributed by atoms with Gasteiger partial charge in [-0.05, 0) is 38.8 Å². The maximum Gasteiger partial charge on any atom is 0.312 e. The molecule has 0 unspecified atom stereocenters. The van der Waals surface area contributed by atoms with Gasteiger partial charge in [0.15, 0.2) is 0 Å². The zero-order chi connectivity index (χ0) is 19.6. The maximum absolute atomic E-state index is 12.7. The molecule has 4 atom stereocenters. The van der Waals surface area contributed by atoms with Gasteiger partial charge in [0.2, 0.25) is 0 Å². The minimum Gasteiger partial charge on any atom is -0.469 e. The molecule has 0 aromatic heterocycles. The standard InChI is InChI=1S/C20H29NO5/c1-11(2)21(12(3)4)17-13-9-7-8-10-14(13)18(22)16(20(24)26-6)15(17)19(23)25-5/h7-12,15-18,22H,1-6H3/t15-,16-,17-,18-/m0/s1. The van der Waals surface area contributed by atoms with E-state index < -0.39 is 35.9 Å². The number of ether oxygens (including phenoxy) is 2. The third-order valence-electron chi connectivity index (χ3n) is 5.16. The second-order valence-electron chi connectivity index (χ2n) is 7.25. The van der Waals surface area contributed by atoms with E-state index in [-0.39, 0.29) is 12.1 Å². The predicted octanol–water partition coefficient (Wildman–Crippen LogP) is 2.47. The van der Waals surface area contributed by atoms with E-state index >= 15 is 0 Å². The molecule has 0 radical (unpaired) electrons. The molecule has 0 saturated heterocycles. The van der Waals surface area contributed by atoms with Crippen molar-refractivity contribution < 1.29 is 24.2 Å². The Morgan fingerprint density at radius 1 is 0.923 bits per heavy atom. The van der Waals surface area contributed by atoms with Gasteiger partial charge in [0.1, 0.15) is 5.92 Å². The Morgan fingerprint density at radius 3 is 1.85 bits per heavy atom. The fraction of sp³-hybridized carbons (Fsp3) is 0.600. The summed E-state index contributed by atoms with van der Waals surface area (Å²) in [7, 11) is 2.57. The Labute approximate surface area is 155 Å². The van der Waals surface area contributed by atoms with Crippen molar-refractivity contribution in [3.63, 3.8) is 0 Å². The normalized spacial score (nSPS) is 25.3. The molecule has 0 aliphatic heterocycles. The zero-order valence-electron chi connectivity index (χ0n) is 16.3. The van der Waals surface area contributed by atoms with Crippen LogP contribution in [0.2, 0.25) is 0 Å². The minimum atomic E-state index is -1.12. The molecule has 1 aliphatic carbocycles. The Balaban J connectivity index is 2.74. The van der Waals surface area contributed by atoms with Crippen LogP contribution in [-0.2, 0) is 19.1 Å². The van der Waals surface area contributed by atoms with Crippen LogP contribution in [0, 0.1) is 11.8 Å². The fourth-order valence-corrected chi connectivity index (χ4v) is 4.24. The topological polar surface area (TPSA) is 76.1 Å². The molecule has 26 heavy (non-hydrogen) atoms. The molecule has 144 valence electrons. The van der Waals surface area contributed by atoms with E-state index in [1.54, 1.807) is 6.07 Å². The number of nitrogens with zero attached hydrogens (tertiary/aromatic N) is 1. The summed E-state index contributed by atoms with van der Waals surface area (Å²) < 4.78 is 9.96. The molecular formula is C20H29NO5. The van der Waals surface area contributed by atoms with Crippen molar-refractivity contribution in [1.29, 1.82) is 0 Å². The number of esters is 2. The second-order valence-corrected chi connectivity index (χ2v) is 7.25. The first-order valence-electron chi connectivity index (χ1n) is 8.96. The highest BCUT2D eigenvalue weighted by Crippen LogP contribution is 2.49. The lowest BCUT2D eigenvalue weighted by Crippen LogP contribution is -2.52. The molecule has 6 nitrogen and oxygen atoms in total. The van der Waals surface area contributed by atoms with Gasteiger partial charge in [0.05, 0.1) is 26.2 Å². The highest BCUT2D eigenvalue weighted by Gasteiger charge is 2.53. The molecule has 1 aromatic carbocycles. The van der Waals surface area contributed by atoms with Crippen molar-refractivity contribution in [2.75, 3.05) is 14.2 Å². The lowest BCUT2D eigenvalue weighted by Gasteiger charge is -2.47. The number of methoxy groups -OCH3 is 2. The predicted molar refractivity (Wildman–Crippen MR) is 97.3 cm³/mol. The number of rotatable bonds is 5. The third kappa shape index (κ3) is 3.48. The van der Waals surface area contributed by atoms with Crippen molar-refractivity contribution in [2.24, 2.45) is 11.8 Å². The smallest absolute Gasteiger partial charge is 0.312 e. The third-order valence-corrected chi connectivity index (χ3v) is 5.16. The first kappa shape index (κ1) is 20.4. The van der Waals surface area contributed by atoms with Crippen LogP contribution >= 0.6 is 0 Å². The van der Waals surface area contributed by atoms with Gasteiger partial charge in [-0.15, -0.1) is 0 Å². The van der Waals surface area contributed by atoms with E-state index in [1.165, 1.54) is 14.2 Å². The number of fused-ring (bicyclic) bond motifs is 1. The van der Waals surface area contributed by atoms with Crippen molar-refractivity contribution in [3.05, 3.63) is 35.4 Å². The fourth-order valence-electron chi connectivity index (χ4n) is 4.24. The Kier molecular flexibility index (Phi) is 6.42. The first-order valence-corrected chi connectivity index (χ1v) is 8.96. The van der Waals surface area contributed by atoms with E-state index in [4.69, 9.17) is 9.47 Å². The maximum atomic E-state index is 12.7. The van der Waals surface area contributed by atoms with Crippen molar-refractivity contribution >= 4 is 11.9 Å². The quantitative estimate of drug-likeness (QED) is 0.810. The Morgan fingerprint density at radius 2 is 1.38 bits per heavy atom. The van der Waals surface area contributed by atoms with Crippen molar-refractivity contribution in [2.45, 2.75) is 51.9 Å². The molecule has 1 aliphatic rings. The van der Waals surface area contributed by atoms with Gasteiger partial charge in [-0.25, -0.2) is 0 Å². The average molecular weight is 363 g/mol. The number of hydrogen-bond acceptors (Lipinski definition) is 6. The summed E-state index contributed by atoms with van der Waals surface area (Å²) in [6, 6.07) is 7.25. The van der Waals surface area contributed by atoms with Gasteiger partial charge >= 0.3 is 11.9 Å². The Bertz CT molecular complexity index is 649. The molecule has 6 heteroatoms. The van der Waals surface area contributed by atoms with Gasteiger partial charge in [-0.1, -0.05) is 24.3 Å². The number of aliphatic hydroxyl groups excluding tert-OH is 1. The monoisotopic (exact) mass is 363 g/mol. The molecule has 0 spiro atoms. The first-order chi connectivity index (χ1) is 12.3. The number of aliphatic hydroxyl groups is 1. The van der Waals surface area contributed by atoms with E-state index in [0.717, 1.165) is 5.56 Å². The molecule has 1 aromatic rings. The van der Waals surface area contributed by atoms with Crippen LogP contribution in [0.3, 0.4) is 0 Å². The summed E-state index contributed by atoms with van der Waals surface area (Å²) in [5.74, 6) is -3.01. The molecule has 2 rings (SSSR count). The van der Waals surface area contributed by atoms with Gasteiger partial charge in [0, 0.05) is 18.1 Å². The van der Waals surface area contributed by atoms with Crippen LogP contribution in [0.15, 0.2) is 24.3 Å². The van der Waals surface area contributed by atoms with Crippen LogP contribution in [0.25, 0.3) is 0 Å². The lowest BCUT2D eigenvalue weighted by atomic mass is 9.69. The van der Waals surface area contributed by atoms with Crippen molar-refractivity contribution in [1.82, 2.24) is 4.90 Å². The summed E-state index contributed by atoms with van der Waals surface area (Å²) in [5.41, 5.74) is 1.50. The number of carbonyl (C=O) groups is 2. The average Bonchev–Trinajstić information content (AvgIpc) is 2.61. The number of hydrogen-bond donors (Lipinski definition) is 1. The highest BCUT2D eigenvalue weighted by molar-refractivity contribution is 5.84. The molecule has 0 bridgehead atoms. The molecule has 0 amide bonds. The van der Waals surface area contributed by atoms with Crippen LogP contribution in [0.1, 0.15) is 51.0 Å². The van der Waals surface area contributed by atoms with Crippen LogP contribution in [-0.4, -0.2) is 48.2 Å². The van der Waals surface area contributed by atoms with E-state index in [2.05, 4.69) is 32.6 Å². The van der Waals surface area contributed by atoms with E-state index in [1.807, 2.05) is 18.2 Å². The molecule has 1 N–H and O–H groups in total. The van der Waals surface area contributed by atoms with Crippen molar-refractivity contribution in [3.8, 4) is 0 Å². The van der Waals surface area contributed by atoms with Crippen LogP contribution in [0.5, 0.6) is 0 Å². The van der Waals surface area contributed by atoms with Gasteiger partial charge in [-0.2, -0.15) is 0 Å². The summed E-state index contributed by atoms with van der Waals surface area (Å²) in [5, 5.41) is 10.9. The highest BCUT2D eigenvalue weighted by atomic mass is 16.5. The Hall–Kier alpha value is -1.92. The molecule has 0 heterocycles. The summed E-state index contributed by atoms with van der Waals surface area (Å²) in [4.78, 5) is 27.4. The zero-order valence-corrected chi connectivity index (χ0v) is 16.3. The second kappa shape index (κ2) is 8.18. The summed E-state index contributed by atoms with van der Waals surface area (Å²) in [6.07, 6.45) is -1.12. The minimum absolute atomic E-state index is 0.119. The largest absolute Gasteiger partial charge is 0.469 e. The number of benzene rings is 1. The molecular weight excluding hydrogens is 334 g/mol.